The maximum absolute atomic E-state index is 11.9. The van der Waals surface area contributed by atoms with Gasteiger partial charge < -0.3 is 0 Å². The van der Waals surface area contributed by atoms with Crippen molar-refractivity contribution in [2.24, 2.45) is 0 Å². The highest BCUT2D eigenvalue weighted by molar-refractivity contribution is 7.91. The van der Waals surface area contributed by atoms with Crippen molar-refractivity contribution < 1.29 is 12.3 Å². The van der Waals surface area contributed by atoms with E-state index in [-0.39, 0.29) is 0 Å². The summed E-state index contributed by atoms with van der Waals surface area (Å²) in [6, 6.07) is 6.18. The van der Waals surface area contributed by atoms with E-state index in [1.54, 1.807) is 12.1 Å². The van der Waals surface area contributed by atoms with E-state index in [0.717, 1.165) is 0 Å². The van der Waals surface area contributed by atoms with Crippen LogP contribution in [-0.2, 0) is 10.2 Å². The molecule has 2 nitrogen and oxygen atoms in total. The van der Waals surface area contributed by atoms with E-state index in [0.29, 0.717) is 10.6 Å². The minimum absolute atomic E-state index is 0.355. The first-order valence-corrected chi connectivity index (χ1v) is 4.96. The number of hydrogen-bond acceptors (Lipinski definition) is 2. The normalized spacial score (nSPS) is 10.3. The lowest BCUT2D eigenvalue weighted by molar-refractivity contribution is 0.565. The van der Waals surface area contributed by atoms with Gasteiger partial charge in [0.15, 0.2) is 0 Å². The minimum atomic E-state index is -4.74. The first-order valence-electron chi connectivity index (χ1n) is 3.20. The van der Waals surface area contributed by atoms with Gasteiger partial charge in [0.25, 0.3) is 0 Å². The van der Waals surface area contributed by atoms with Crippen LogP contribution in [0.4, 0.5) is 3.89 Å². The van der Waals surface area contributed by atoms with Crippen molar-refractivity contribution in [1.82, 2.24) is 0 Å². The first kappa shape index (κ1) is 10.0. The Balaban J connectivity index is 3.04. The fourth-order valence-electron chi connectivity index (χ4n) is 0.686. The molecule has 0 spiro atoms. The van der Waals surface area contributed by atoms with Gasteiger partial charge in [0.2, 0.25) is 0 Å². The molecule has 13 heavy (non-hydrogen) atoms. The van der Waals surface area contributed by atoms with Gasteiger partial charge >= 0.3 is 10.2 Å². The van der Waals surface area contributed by atoms with Crippen LogP contribution in [-0.4, -0.2) is 8.42 Å². The van der Waals surface area contributed by atoms with Crippen molar-refractivity contribution in [1.29, 1.82) is 0 Å². The lowest BCUT2D eigenvalue weighted by Gasteiger charge is -1.89. The maximum atomic E-state index is 11.9. The highest BCUT2D eigenvalue weighted by atomic mass is 35.5. The number of hydrogen-bond donors (Lipinski definition) is 0. The van der Waals surface area contributed by atoms with Crippen LogP contribution in [0.25, 0.3) is 0 Å². The summed E-state index contributed by atoms with van der Waals surface area (Å²) in [7, 11) is -4.74. The third-order valence-corrected chi connectivity index (χ3v) is 1.72. The van der Waals surface area contributed by atoms with E-state index in [2.05, 4.69) is 5.92 Å². The molecule has 0 unspecified atom stereocenters. The van der Waals surface area contributed by atoms with Crippen LogP contribution in [0.1, 0.15) is 5.56 Å². The Morgan fingerprint density at radius 2 is 2.08 bits per heavy atom. The monoisotopic (exact) mass is 218 g/mol. The van der Waals surface area contributed by atoms with Crippen LogP contribution in [0.5, 0.6) is 0 Å². The molecule has 68 valence electrons. The third-order valence-electron chi connectivity index (χ3n) is 1.14. The van der Waals surface area contributed by atoms with E-state index in [9.17, 15) is 12.3 Å². The zero-order chi connectivity index (χ0) is 9.90. The van der Waals surface area contributed by atoms with Crippen LogP contribution < -0.4 is 0 Å². The van der Waals surface area contributed by atoms with Gasteiger partial charge in [0, 0.05) is 10.6 Å². The highest BCUT2D eigenvalue weighted by Gasteiger charge is 1.97. The van der Waals surface area contributed by atoms with Crippen molar-refractivity contribution in [2.75, 3.05) is 0 Å². The van der Waals surface area contributed by atoms with Gasteiger partial charge in [-0.3, -0.25) is 0 Å². The van der Waals surface area contributed by atoms with Crippen LogP contribution in [0.2, 0.25) is 5.02 Å². The van der Waals surface area contributed by atoms with Crippen molar-refractivity contribution in [3.8, 4) is 11.2 Å². The quantitative estimate of drug-likeness (QED) is 0.493. The molecule has 0 heterocycles. The summed E-state index contributed by atoms with van der Waals surface area (Å²) >= 11 is 5.58. The molecule has 0 aliphatic rings. The van der Waals surface area contributed by atoms with Gasteiger partial charge in [-0.25, -0.2) is 0 Å². The summed E-state index contributed by atoms with van der Waals surface area (Å²) in [6.07, 6.45) is 0. The summed E-state index contributed by atoms with van der Waals surface area (Å²) < 4.78 is 32.0. The summed E-state index contributed by atoms with van der Waals surface area (Å²) in [5.74, 6) is 2.13. The summed E-state index contributed by atoms with van der Waals surface area (Å²) in [5, 5.41) is 1.88. The van der Waals surface area contributed by atoms with Crippen molar-refractivity contribution in [2.45, 2.75) is 0 Å². The molecule has 0 aromatic heterocycles. The van der Waals surface area contributed by atoms with E-state index in [1.165, 1.54) is 17.4 Å². The summed E-state index contributed by atoms with van der Waals surface area (Å²) in [4.78, 5) is 0. The fourth-order valence-corrected chi connectivity index (χ4v) is 1.12. The molecule has 0 saturated heterocycles. The van der Waals surface area contributed by atoms with Crippen molar-refractivity contribution in [3.63, 3.8) is 0 Å². The molecular weight excluding hydrogens is 215 g/mol. The Hall–Kier alpha value is -1.05. The van der Waals surface area contributed by atoms with Crippen molar-refractivity contribution >= 4 is 21.8 Å². The molecule has 0 amide bonds. The summed E-state index contributed by atoms with van der Waals surface area (Å²) in [5.41, 5.74) is 0.355. The van der Waals surface area contributed by atoms with Crippen LogP contribution in [0.3, 0.4) is 0 Å². The largest absolute Gasteiger partial charge is 0.373 e. The molecule has 1 rings (SSSR count). The number of halogens is 2. The van der Waals surface area contributed by atoms with E-state index < -0.39 is 10.2 Å². The second kappa shape index (κ2) is 3.77. The number of benzene rings is 1. The number of rotatable bonds is 0. The van der Waals surface area contributed by atoms with E-state index >= 15 is 0 Å². The molecule has 1 aromatic rings. The smallest absolute Gasteiger partial charge is 0.180 e. The van der Waals surface area contributed by atoms with Crippen LogP contribution >= 0.6 is 11.6 Å². The van der Waals surface area contributed by atoms with Crippen LogP contribution in [0, 0.1) is 11.2 Å². The average molecular weight is 219 g/mol. The van der Waals surface area contributed by atoms with Gasteiger partial charge in [-0.15, -0.1) is 0 Å². The second-order valence-electron chi connectivity index (χ2n) is 2.18. The molecule has 1 aromatic carbocycles. The Morgan fingerprint density at radius 3 is 2.62 bits per heavy atom. The molecular formula is C8H4ClFO2S. The van der Waals surface area contributed by atoms with E-state index in [1.807, 2.05) is 0 Å². The first-order chi connectivity index (χ1) is 5.97. The Bertz CT molecular complexity index is 470. The van der Waals surface area contributed by atoms with Gasteiger partial charge in [-0.05, 0) is 24.1 Å². The van der Waals surface area contributed by atoms with E-state index in [4.69, 9.17) is 11.6 Å². The minimum Gasteiger partial charge on any atom is -0.180 e. The molecule has 0 aliphatic heterocycles. The second-order valence-corrected chi connectivity index (χ2v) is 3.69. The van der Waals surface area contributed by atoms with Gasteiger partial charge in [0.05, 0.1) is 5.25 Å². The topological polar surface area (TPSA) is 34.1 Å². The Kier molecular flexibility index (Phi) is 2.91. The third kappa shape index (κ3) is 3.92. The van der Waals surface area contributed by atoms with Gasteiger partial charge in [-0.1, -0.05) is 21.6 Å². The lowest BCUT2D eigenvalue weighted by Crippen LogP contribution is -1.82. The standard InChI is InChI=1S/C8H4ClFO2S/c9-8-3-1-2-7(6-8)4-5-13(10,11)12/h1-3,6H. The molecule has 0 radical (unpaired) electrons. The Labute approximate surface area is 80.6 Å². The molecule has 0 N–H and O–H groups in total. The average Bonchev–Trinajstić information content (AvgIpc) is 2.00. The highest BCUT2D eigenvalue weighted by Crippen LogP contribution is 2.09. The molecule has 0 saturated carbocycles. The molecule has 0 bridgehead atoms. The zero-order valence-electron chi connectivity index (χ0n) is 6.29. The predicted molar refractivity (Wildman–Crippen MR) is 48.4 cm³/mol. The SMILES string of the molecule is O=S(=O)(F)C#Cc1cccc(Cl)c1. The fraction of sp³-hybridized carbons (Fsp3) is 0. The molecule has 0 atom stereocenters. The molecule has 5 heteroatoms. The van der Waals surface area contributed by atoms with Crippen LogP contribution in [0.15, 0.2) is 24.3 Å². The Morgan fingerprint density at radius 1 is 1.38 bits per heavy atom. The summed E-state index contributed by atoms with van der Waals surface area (Å²) in [6.45, 7) is 0. The lowest BCUT2D eigenvalue weighted by atomic mass is 10.2. The zero-order valence-corrected chi connectivity index (χ0v) is 7.86. The predicted octanol–water partition coefficient (Wildman–Crippen LogP) is 1.95. The molecule has 0 aliphatic carbocycles. The molecule has 0 fully saturated rings. The van der Waals surface area contributed by atoms with Gasteiger partial charge in [0.1, 0.15) is 0 Å². The maximum Gasteiger partial charge on any atom is 0.373 e. The van der Waals surface area contributed by atoms with Crippen molar-refractivity contribution in [3.05, 3.63) is 34.9 Å². The van der Waals surface area contributed by atoms with Gasteiger partial charge in [-0.2, -0.15) is 8.42 Å².